The molecule has 40 heavy (non-hydrogen) atoms. The Morgan fingerprint density at radius 3 is 1.88 bits per heavy atom. The molecule has 0 radical (unpaired) electrons. The second-order valence-corrected chi connectivity index (χ2v) is 10.7. The Kier molecular flexibility index (Phi) is 12.7. The van der Waals surface area contributed by atoms with E-state index in [2.05, 4.69) is 5.32 Å². The van der Waals surface area contributed by atoms with Crippen molar-refractivity contribution in [1.82, 2.24) is 10.2 Å². The zero-order valence-electron chi connectivity index (χ0n) is 23.1. The summed E-state index contributed by atoms with van der Waals surface area (Å²) >= 11 is 0. The monoisotopic (exact) mass is 590 g/mol. The number of carbonyl (C=O) groups excluding carboxylic acids is 1. The van der Waals surface area contributed by atoms with Crippen molar-refractivity contribution >= 4 is 18.5 Å². The van der Waals surface area contributed by atoms with E-state index < -0.39 is 42.2 Å². The van der Waals surface area contributed by atoms with Gasteiger partial charge in [-0.1, -0.05) is 60.7 Å². The van der Waals surface area contributed by atoms with Gasteiger partial charge in [-0.2, -0.15) is 0 Å². The molecule has 2 saturated heterocycles. The molecule has 2 aromatic rings. The van der Waals surface area contributed by atoms with Gasteiger partial charge in [0.25, 0.3) is 11.8 Å². The molecule has 11 heteroatoms. The molecule has 2 heterocycles. The van der Waals surface area contributed by atoms with Crippen molar-refractivity contribution in [2.24, 2.45) is 0 Å². The van der Waals surface area contributed by atoms with Gasteiger partial charge in [0.05, 0.1) is 19.8 Å². The smallest absolute Gasteiger partial charge is 0.410 e. The third-order valence-electron chi connectivity index (χ3n) is 6.25. The number of likely N-dealkylation sites (tertiary alicyclic amines) is 1. The van der Waals surface area contributed by atoms with Crippen molar-refractivity contribution < 1.29 is 36.6 Å². The first kappa shape index (κ1) is 33.8. The minimum absolute atomic E-state index is 0. The number of hydrogen-bond donors (Lipinski definition) is 1. The van der Waals surface area contributed by atoms with Gasteiger partial charge in [-0.3, -0.25) is 0 Å². The van der Waals surface area contributed by atoms with Crippen LogP contribution in [0.25, 0.3) is 0 Å². The number of ether oxygens (including phenoxy) is 3. The van der Waals surface area contributed by atoms with E-state index in [-0.39, 0.29) is 51.7 Å². The Morgan fingerprint density at radius 2 is 1.38 bits per heavy atom. The summed E-state index contributed by atoms with van der Waals surface area (Å²) in [6.07, 6.45) is -3.50. The molecule has 0 saturated carbocycles. The van der Waals surface area contributed by atoms with Crippen LogP contribution in [0.1, 0.15) is 44.7 Å². The summed E-state index contributed by atoms with van der Waals surface area (Å²) < 4.78 is 70.8. The van der Waals surface area contributed by atoms with Crippen molar-refractivity contribution in [1.29, 1.82) is 0 Å². The van der Waals surface area contributed by atoms with Crippen LogP contribution >= 0.6 is 12.4 Å². The summed E-state index contributed by atoms with van der Waals surface area (Å²) in [7, 11) is 0. The Hall–Kier alpha value is -2.40. The second-order valence-electron chi connectivity index (χ2n) is 10.7. The van der Waals surface area contributed by atoms with Crippen molar-refractivity contribution in [2.75, 3.05) is 26.2 Å². The van der Waals surface area contributed by atoms with Crippen LogP contribution in [0.5, 0.6) is 0 Å². The van der Waals surface area contributed by atoms with Crippen molar-refractivity contribution in [3.8, 4) is 0 Å². The van der Waals surface area contributed by atoms with Gasteiger partial charge in [0.15, 0.2) is 0 Å². The van der Waals surface area contributed by atoms with Gasteiger partial charge in [-0.25, -0.2) is 22.4 Å². The number of benzene rings is 2. The summed E-state index contributed by atoms with van der Waals surface area (Å²) in [6.45, 7) is 5.93. The fraction of sp³-hybridized carbons (Fsp3) is 0.552. The van der Waals surface area contributed by atoms with Crippen molar-refractivity contribution in [3.63, 3.8) is 0 Å². The van der Waals surface area contributed by atoms with Crippen LogP contribution in [0.15, 0.2) is 60.7 Å². The highest BCUT2D eigenvalue weighted by molar-refractivity contribution is 5.85. The van der Waals surface area contributed by atoms with Gasteiger partial charge in [-0.15, -0.1) is 12.4 Å². The number of nitrogens with zero attached hydrogens (tertiary/aromatic N) is 1. The fourth-order valence-corrected chi connectivity index (χ4v) is 4.06. The maximum Gasteiger partial charge on any atom is 0.410 e. The minimum atomic E-state index is -2.95. The molecule has 1 amide bonds. The lowest BCUT2D eigenvalue weighted by Crippen LogP contribution is -2.54. The quantitative estimate of drug-likeness (QED) is 0.391. The van der Waals surface area contributed by atoms with Gasteiger partial charge in [0, 0.05) is 32.5 Å². The molecule has 2 aliphatic rings. The standard InChI is InChI=1S/C17H23F2NO3.C12H15F2NO.ClH/c1-16(2,3)23-15(21)20-10-9-17(18,19)14(11-20)22-12-13-7-5-4-6-8-13;13-12(14)6-7-15-8-11(12)16-9-10-4-2-1-3-5-10;/h4-8,14H,9-12H2,1-3H3;1-5,11,15H,6-9H2;1H. The van der Waals surface area contributed by atoms with Crippen LogP contribution in [-0.4, -0.2) is 66.8 Å². The zero-order valence-corrected chi connectivity index (χ0v) is 23.9. The predicted molar refractivity (Wildman–Crippen MR) is 147 cm³/mol. The maximum absolute atomic E-state index is 14.0. The number of alkyl halides is 4. The summed E-state index contributed by atoms with van der Waals surface area (Å²) in [5, 5.41) is 2.92. The number of amides is 1. The Bertz CT molecular complexity index is 1030. The molecule has 2 aromatic carbocycles. The number of rotatable bonds is 6. The molecule has 4 rings (SSSR count). The summed E-state index contributed by atoms with van der Waals surface area (Å²) in [4.78, 5) is 13.3. The molecule has 0 aromatic heterocycles. The van der Waals surface area contributed by atoms with E-state index in [4.69, 9.17) is 14.2 Å². The SMILES string of the molecule is CC(C)(C)OC(=O)N1CCC(F)(F)C(OCc2ccccc2)C1.Cl.FC1(F)CCNCC1OCc1ccccc1. The summed E-state index contributed by atoms with van der Waals surface area (Å²) in [6, 6.07) is 18.5. The molecule has 0 aliphatic carbocycles. The van der Waals surface area contributed by atoms with Gasteiger partial charge < -0.3 is 24.4 Å². The Morgan fingerprint density at radius 1 is 0.875 bits per heavy atom. The predicted octanol–water partition coefficient (Wildman–Crippen LogP) is 6.47. The Balaban J connectivity index is 0.000000290. The van der Waals surface area contributed by atoms with E-state index in [1.54, 1.807) is 20.8 Å². The van der Waals surface area contributed by atoms with Crippen molar-refractivity contribution in [3.05, 3.63) is 71.8 Å². The number of halogens is 5. The van der Waals surface area contributed by atoms with E-state index >= 15 is 0 Å². The molecule has 6 nitrogen and oxygen atoms in total. The number of hydrogen-bond acceptors (Lipinski definition) is 5. The molecule has 1 N–H and O–H groups in total. The fourth-order valence-electron chi connectivity index (χ4n) is 4.06. The lowest BCUT2D eigenvalue weighted by molar-refractivity contribution is -0.173. The summed E-state index contributed by atoms with van der Waals surface area (Å²) in [5.74, 6) is -5.66. The highest BCUT2D eigenvalue weighted by atomic mass is 35.5. The first-order valence-corrected chi connectivity index (χ1v) is 13.1. The molecule has 224 valence electrons. The van der Waals surface area contributed by atoms with E-state index in [0.29, 0.717) is 6.54 Å². The van der Waals surface area contributed by atoms with Crippen LogP contribution in [0, 0.1) is 0 Å². The molecule has 0 spiro atoms. The minimum Gasteiger partial charge on any atom is -0.444 e. The number of piperidine rings is 2. The molecule has 0 bridgehead atoms. The molecule has 2 aliphatic heterocycles. The zero-order chi connectivity index (χ0) is 28.5. The van der Waals surface area contributed by atoms with Crippen LogP contribution in [0.2, 0.25) is 0 Å². The lowest BCUT2D eigenvalue weighted by Gasteiger charge is -2.38. The molecule has 2 unspecified atom stereocenters. The highest BCUT2D eigenvalue weighted by Crippen LogP contribution is 2.32. The molecular formula is C29H39ClF4N2O4. The normalized spacial score (nSPS) is 21.8. The van der Waals surface area contributed by atoms with E-state index in [0.717, 1.165) is 11.1 Å². The van der Waals surface area contributed by atoms with Crippen molar-refractivity contribution in [2.45, 2.75) is 76.5 Å². The van der Waals surface area contributed by atoms with Gasteiger partial charge >= 0.3 is 6.09 Å². The highest BCUT2D eigenvalue weighted by Gasteiger charge is 2.47. The average Bonchev–Trinajstić information content (AvgIpc) is 2.87. The second kappa shape index (κ2) is 15.0. The van der Waals surface area contributed by atoms with E-state index in [1.165, 1.54) is 4.90 Å². The number of nitrogens with one attached hydrogen (secondary N) is 1. The summed E-state index contributed by atoms with van der Waals surface area (Å²) in [5.41, 5.74) is 1.08. The number of carbonyl (C=O) groups is 1. The van der Waals surface area contributed by atoms with Crippen LogP contribution in [-0.2, 0) is 27.4 Å². The van der Waals surface area contributed by atoms with Crippen LogP contribution < -0.4 is 5.32 Å². The van der Waals surface area contributed by atoms with Gasteiger partial charge in [-0.05, 0) is 31.9 Å². The molecule has 2 atom stereocenters. The Labute approximate surface area is 239 Å². The maximum atomic E-state index is 14.0. The van der Waals surface area contributed by atoms with Gasteiger partial charge in [0.1, 0.15) is 17.8 Å². The van der Waals surface area contributed by atoms with Crippen LogP contribution in [0.3, 0.4) is 0 Å². The third-order valence-corrected chi connectivity index (χ3v) is 6.25. The average molecular weight is 591 g/mol. The third kappa shape index (κ3) is 10.9. The lowest BCUT2D eigenvalue weighted by atomic mass is 10.0. The largest absolute Gasteiger partial charge is 0.444 e. The topological polar surface area (TPSA) is 60.0 Å². The first-order valence-electron chi connectivity index (χ1n) is 13.1. The molecular weight excluding hydrogens is 552 g/mol. The van der Waals surface area contributed by atoms with Gasteiger partial charge in [0.2, 0.25) is 0 Å². The molecule has 2 fully saturated rings. The van der Waals surface area contributed by atoms with Crippen LogP contribution in [0.4, 0.5) is 22.4 Å². The van der Waals surface area contributed by atoms with E-state index in [9.17, 15) is 22.4 Å². The van der Waals surface area contributed by atoms with E-state index in [1.807, 2.05) is 60.7 Å². The first-order chi connectivity index (χ1) is 18.4.